The summed E-state index contributed by atoms with van der Waals surface area (Å²) >= 11 is 0. The fourth-order valence-electron chi connectivity index (χ4n) is 3.55. The van der Waals surface area contributed by atoms with Crippen LogP contribution in [0.25, 0.3) is 0 Å². The highest BCUT2D eigenvalue weighted by atomic mass is 28.5. The lowest BCUT2D eigenvalue weighted by molar-refractivity contribution is 0.0818. The minimum absolute atomic E-state index is 0.00733. The topological polar surface area (TPSA) is 177 Å². The Morgan fingerprint density at radius 2 is 0.533 bits per heavy atom. The van der Waals surface area contributed by atoms with E-state index in [1.807, 2.05) is 0 Å². The molecule has 0 radical (unpaired) electrons. The summed E-state index contributed by atoms with van der Waals surface area (Å²) in [6, 6.07) is 0. The Bertz CT molecular complexity index is 349. The van der Waals surface area contributed by atoms with Crippen molar-refractivity contribution >= 4 is 25.7 Å². The smallest absolute Gasteiger partial charge is 0.342 e. The van der Waals surface area contributed by atoms with Gasteiger partial charge < -0.3 is 57.2 Å². The Labute approximate surface area is 179 Å². The van der Waals surface area contributed by atoms with Gasteiger partial charge in [-0.25, -0.2) is 0 Å². The van der Waals surface area contributed by atoms with Gasteiger partial charge in [-0.05, 0) is 0 Å². The molecule has 30 heavy (non-hydrogen) atoms. The SMILES string of the molecule is OCCO[Si]1(OCCO)C[Si](OCCO)(OCCO)C[Si](OCCO)(OCCO)C1. The molecule has 0 aromatic carbocycles. The molecular formula is C15H36O12Si3. The van der Waals surface area contributed by atoms with Crippen LogP contribution in [0.4, 0.5) is 0 Å². The Morgan fingerprint density at radius 3 is 0.667 bits per heavy atom. The first-order valence-electron chi connectivity index (χ1n) is 9.98. The quantitative estimate of drug-likeness (QED) is 0.107. The average molecular weight is 493 g/mol. The lowest BCUT2D eigenvalue weighted by atomic mass is 10.8. The van der Waals surface area contributed by atoms with E-state index in [1.54, 1.807) is 0 Å². The molecule has 0 aromatic heterocycles. The first-order valence-corrected chi connectivity index (χ1v) is 16.7. The predicted molar refractivity (Wildman–Crippen MR) is 110 cm³/mol. The molecule has 1 saturated heterocycles. The van der Waals surface area contributed by atoms with Gasteiger partial charge in [-0.1, -0.05) is 0 Å². The maximum absolute atomic E-state index is 9.32. The zero-order valence-electron chi connectivity index (χ0n) is 17.2. The van der Waals surface area contributed by atoms with Gasteiger partial charge in [0.05, 0.1) is 79.3 Å². The summed E-state index contributed by atoms with van der Waals surface area (Å²) in [5.41, 5.74) is 0.791. The van der Waals surface area contributed by atoms with Gasteiger partial charge in [0.15, 0.2) is 0 Å². The van der Waals surface area contributed by atoms with Crippen molar-refractivity contribution in [2.45, 2.75) is 17.0 Å². The van der Waals surface area contributed by atoms with Crippen molar-refractivity contribution < 1.29 is 57.2 Å². The number of aliphatic hydroxyl groups is 6. The number of hydrogen-bond acceptors (Lipinski definition) is 12. The van der Waals surface area contributed by atoms with Gasteiger partial charge in [0.1, 0.15) is 0 Å². The third-order valence-electron chi connectivity index (χ3n) is 4.35. The average Bonchev–Trinajstić information content (AvgIpc) is 2.76. The highest BCUT2D eigenvalue weighted by Crippen LogP contribution is 2.43. The van der Waals surface area contributed by atoms with Crippen LogP contribution in [0.3, 0.4) is 0 Å². The van der Waals surface area contributed by atoms with E-state index in [9.17, 15) is 30.6 Å². The van der Waals surface area contributed by atoms with Crippen molar-refractivity contribution in [3.05, 3.63) is 0 Å². The zero-order chi connectivity index (χ0) is 22.3. The van der Waals surface area contributed by atoms with E-state index in [0.29, 0.717) is 0 Å². The molecule has 0 atom stereocenters. The van der Waals surface area contributed by atoms with Crippen LogP contribution in [0.15, 0.2) is 0 Å². The molecule has 1 heterocycles. The van der Waals surface area contributed by atoms with Crippen molar-refractivity contribution in [2.75, 3.05) is 79.3 Å². The van der Waals surface area contributed by atoms with E-state index >= 15 is 0 Å². The first-order chi connectivity index (χ1) is 14.5. The van der Waals surface area contributed by atoms with Crippen molar-refractivity contribution in [1.29, 1.82) is 0 Å². The van der Waals surface area contributed by atoms with Crippen LogP contribution in [-0.2, 0) is 26.6 Å². The summed E-state index contributed by atoms with van der Waals surface area (Å²) in [4.78, 5) is 0. The molecule has 6 N–H and O–H groups in total. The van der Waals surface area contributed by atoms with E-state index in [4.69, 9.17) is 26.6 Å². The monoisotopic (exact) mass is 492 g/mol. The second kappa shape index (κ2) is 15.1. The van der Waals surface area contributed by atoms with Crippen molar-refractivity contribution in [2.24, 2.45) is 0 Å². The molecular weight excluding hydrogens is 456 g/mol. The lowest BCUT2D eigenvalue weighted by Crippen LogP contribution is -2.69. The maximum atomic E-state index is 9.32. The van der Waals surface area contributed by atoms with Crippen molar-refractivity contribution in [3.63, 3.8) is 0 Å². The van der Waals surface area contributed by atoms with E-state index < -0.39 is 25.7 Å². The predicted octanol–water partition coefficient (Wildman–Crippen LogP) is -3.00. The normalized spacial score (nSPS) is 19.8. The fraction of sp³-hybridized carbons (Fsp3) is 1.00. The molecule has 1 fully saturated rings. The van der Waals surface area contributed by atoms with Crippen LogP contribution in [0.1, 0.15) is 0 Å². The summed E-state index contributed by atoms with van der Waals surface area (Å²) in [6.07, 6.45) is 0. The molecule has 180 valence electrons. The highest BCUT2D eigenvalue weighted by Gasteiger charge is 2.66. The van der Waals surface area contributed by atoms with Crippen LogP contribution in [0.5, 0.6) is 0 Å². The highest BCUT2D eigenvalue weighted by molar-refractivity contribution is 7.03. The van der Waals surface area contributed by atoms with Crippen LogP contribution in [0.2, 0.25) is 17.0 Å². The van der Waals surface area contributed by atoms with E-state index in [-0.39, 0.29) is 96.3 Å². The minimum atomic E-state index is -3.22. The van der Waals surface area contributed by atoms with Crippen molar-refractivity contribution in [3.8, 4) is 0 Å². The molecule has 1 rings (SSSR count). The summed E-state index contributed by atoms with van der Waals surface area (Å²) in [5.74, 6) is 0. The molecule has 1 aliphatic heterocycles. The number of aliphatic hydroxyl groups excluding tert-OH is 6. The molecule has 15 heteroatoms. The fourth-order valence-corrected chi connectivity index (χ4v) is 26.2. The zero-order valence-corrected chi connectivity index (χ0v) is 20.2. The number of rotatable bonds is 18. The Morgan fingerprint density at radius 1 is 0.367 bits per heavy atom. The molecule has 0 unspecified atom stereocenters. The van der Waals surface area contributed by atoms with E-state index in [0.717, 1.165) is 0 Å². The minimum Gasteiger partial charge on any atom is -0.394 e. The Kier molecular flexibility index (Phi) is 14.2. The second-order valence-electron chi connectivity index (χ2n) is 6.69. The molecule has 0 bridgehead atoms. The van der Waals surface area contributed by atoms with Crippen LogP contribution < -0.4 is 0 Å². The van der Waals surface area contributed by atoms with Crippen LogP contribution in [0, 0.1) is 0 Å². The third kappa shape index (κ3) is 8.96. The summed E-state index contributed by atoms with van der Waals surface area (Å²) < 4.78 is 36.0. The largest absolute Gasteiger partial charge is 0.394 e. The first kappa shape index (κ1) is 28.2. The Balaban J connectivity index is 3.38. The standard InChI is InChI=1S/C15H36O12Si3/c16-1-7-22-28(23-8-2-17)13-29(24-9-3-18,25-10-4-19)15-30(14-28,26-11-5-20)27-12-6-21/h16-21H,1-15H2. The molecule has 1 aliphatic rings. The van der Waals surface area contributed by atoms with Gasteiger partial charge in [0.25, 0.3) is 0 Å². The summed E-state index contributed by atoms with van der Waals surface area (Å²) in [6.45, 7) is -1.52. The van der Waals surface area contributed by atoms with Gasteiger partial charge in [-0.15, -0.1) is 0 Å². The molecule has 0 aliphatic carbocycles. The summed E-state index contributed by atoms with van der Waals surface area (Å²) in [7, 11) is -9.66. The maximum Gasteiger partial charge on any atom is 0.342 e. The van der Waals surface area contributed by atoms with Gasteiger partial charge in [0, 0.05) is 17.0 Å². The van der Waals surface area contributed by atoms with Gasteiger partial charge in [-0.3, -0.25) is 0 Å². The van der Waals surface area contributed by atoms with Gasteiger partial charge >= 0.3 is 25.7 Å². The van der Waals surface area contributed by atoms with E-state index in [2.05, 4.69) is 0 Å². The Hall–Kier alpha value is 0.171. The number of hydrogen-bond donors (Lipinski definition) is 6. The molecule has 12 nitrogen and oxygen atoms in total. The second-order valence-corrected chi connectivity index (χ2v) is 18.1. The van der Waals surface area contributed by atoms with Gasteiger partial charge in [0.2, 0.25) is 0 Å². The van der Waals surface area contributed by atoms with Crippen LogP contribution >= 0.6 is 0 Å². The molecule has 0 saturated carbocycles. The third-order valence-corrected chi connectivity index (χ3v) is 21.7. The van der Waals surface area contributed by atoms with Crippen LogP contribution in [-0.4, -0.2) is 136 Å². The lowest BCUT2D eigenvalue weighted by Gasteiger charge is -2.48. The molecule has 0 aromatic rings. The molecule has 0 spiro atoms. The molecule has 0 amide bonds. The van der Waals surface area contributed by atoms with Gasteiger partial charge in [-0.2, -0.15) is 0 Å². The van der Waals surface area contributed by atoms with E-state index in [1.165, 1.54) is 0 Å². The van der Waals surface area contributed by atoms with Crippen molar-refractivity contribution in [1.82, 2.24) is 0 Å². The summed E-state index contributed by atoms with van der Waals surface area (Å²) in [5, 5.41) is 55.9.